The van der Waals surface area contributed by atoms with Crippen LogP contribution >= 0.6 is 22.9 Å². The minimum Gasteiger partial charge on any atom is -0.271 e. The van der Waals surface area contributed by atoms with Crippen LogP contribution in [0.4, 0.5) is 8.78 Å². The molecule has 1 aromatic heterocycles. The molecule has 68 valence electrons. The fraction of sp³-hybridized carbons (Fsp3) is 0.333. The zero-order chi connectivity index (χ0) is 9.19. The zero-order valence-corrected chi connectivity index (χ0v) is 7.50. The van der Waals surface area contributed by atoms with Gasteiger partial charge in [-0.3, -0.25) is 5.84 Å². The normalized spacial score (nSPS) is 14.7. The Morgan fingerprint density at radius 2 is 2.33 bits per heavy atom. The molecule has 1 rings (SSSR count). The van der Waals surface area contributed by atoms with Gasteiger partial charge in [0, 0.05) is 0 Å². The van der Waals surface area contributed by atoms with Crippen molar-refractivity contribution in [1.29, 1.82) is 0 Å². The van der Waals surface area contributed by atoms with Crippen LogP contribution in [0.2, 0.25) is 0 Å². The molecule has 0 aliphatic carbocycles. The molecule has 1 atom stereocenters. The lowest BCUT2D eigenvalue weighted by molar-refractivity contribution is 0.0499. The van der Waals surface area contributed by atoms with Crippen LogP contribution in [0.25, 0.3) is 0 Å². The maximum atomic E-state index is 12.6. The summed E-state index contributed by atoms with van der Waals surface area (Å²) in [4.78, 5) is 0. The van der Waals surface area contributed by atoms with Crippen LogP contribution < -0.4 is 11.3 Å². The average Bonchev–Trinajstić information content (AvgIpc) is 2.38. The second kappa shape index (κ2) is 3.66. The summed E-state index contributed by atoms with van der Waals surface area (Å²) < 4.78 is 25.2. The van der Waals surface area contributed by atoms with Crippen molar-refractivity contribution in [3.63, 3.8) is 0 Å². The molecular weight excluding hydrogens is 206 g/mol. The molecule has 0 fully saturated rings. The summed E-state index contributed by atoms with van der Waals surface area (Å²) in [6.07, 6.45) is 0. The van der Waals surface area contributed by atoms with Gasteiger partial charge in [-0.25, -0.2) is 5.43 Å². The van der Waals surface area contributed by atoms with Gasteiger partial charge < -0.3 is 0 Å². The van der Waals surface area contributed by atoms with Crippen LogP contribution in [0.15, 0.2) is 16.8 Å². The Kier molecular flexibility index (Phi) is 3.00. The predicted molar refractivity (Wildman–Crippen MR) is 45.2 cm³/mol. The molecular formula is C6H7ClF2N2S. The van der Waals surface area contributed by atoms with Gasteiger partial charge in [-0.2, -0.15) is 20.1 Å². The summed E-state index contributed by atoms with van der Waals surface area (Å²) in [6, 6.07) is 0.219. The summed E-state index contributed by atoms with van der Waals surface area (Å²) in [5.74, 6) is 4.94. The minimum absolute atomic E-state index is 0.391. The third-order valence-corrected chi connectivity index (χ3v) is 2.29. The van der Waals surface area contributed by atoms with E-state index in [-0.39, 0.29) is 0 Å². The first-order valence-corrected chi connectivity index (χ1v) is 4.42. The lowest BCUT2D eigenvalue weighted by Gasteiger charge is -2.19. The summed E-state index contributed by atoms with van der Waals surface area (Å²) in [6.45, 7) is 0. The van der Waals surface area contributed by atoms with E-state index in [0.717, 1.165) is 0 Å². The number of hydrazine groups is 1. The van der Waals surface area contributed by atoms with Crippen molar-refractivity contribution in [3.05, 3.63) is 22.4 Å². The second-order valence-electron chi connectivity index (χ2n) is 2.20. The molecule has 12 heavy (non-hydrogen) atoms. The first-order valence-electron chi connectivity index (χ1n) is 3.10. The van der Waals surface area contributed by atoms with E-state index in [1.54, 1.807) is 16.8 Å². The quantitative estimate of drug-likeness (QED) is 0.458. The van der Waals surface area contributed by atoms with Gasteiger partial charge in [0.2, 0.25) is 0 Å². The van der Waals surface area contributed by atoms with E-state index in [9.17, 15) is 8.78 Å². The maximum absolute atomic E-state index is 12.6. The van der Waals surface area contributed by atoms with Crippen molar-refractivity contribution in [3.8, 4) is 0 Å². The van der Waals surface area contributed by atoms with E-state index in [1.165, 1.54) is 11.3 Å². The van der Waals surface area contributed by atoms with Crippen LogP contribution in [0, 0.1) is 0 Å². The molecule has 0 bridgehead atoms. The molecule has 0 aliphatic heterocycles. The molecule has 3 N–H and O–H groups in total. The highest BCUT2D eigenvalue weighted by Gasteiger charge is 2.37. The largest absolute Gasteiger partial charge is 0.342 e. The Labute approximate surface area is 77.3 Å². The van der Waals surface area contributed by atoms with Gasteiger partial charge >= 0.3 is 5.38 Å². The van der Waals surface area contributed by atoms with E-state index in [4.69, 9.17) is 17.4 Å². The van der Waals surface area contributed by atoms with E-state index < -0.39 is 11.4 Å². The standard InChI is InChI=1S/C6H7ClF2N2S/c7-6(8,9)5(11-10)4-1-2-12-3-4/h1-3,5,11H,10H2. The van der Waals surface area contributed by atoms with Crippen LogP contribution in [0.1, 0.15) is 11.6 Å². The zero-order valence-electron chi connectivity index (χ0n) is 5.93. The van der Waals surface area contributed by atoms with E-state index in [1.807, 2.05) is 5.43 Å². The van der Waals surface area contributed by atoms with Gasteiger partial charge in [0.25, 0.3) is 0 Å². The van der Waals surface area contributed by atoms with Crippen molar-refractivity contribution in [1.82, 2.24) is 5.43 Å². The van der Waals surface area contributed by atoms with Crippen molar-refractivity contribution < 1.29 is 8.78 Å². The number of thiophene rings is 1. The van der Waals surface area contributed by atoms with Crippen LogP contribution in [0.5, 0.6) is 0 Å². The molecule has 0 aromatic carbocycles. The Morgan fingerprint density at radius 1 is 1.67 bits per heavy atom. The van der Waals surface area contributed by atoms with Crippen molar-refractivity contribution in [2.75, 3.05) is 0 Å². The van der Waals surface area contributed by atoms with E-state index in [2.05, 4.69) is 0 Å². The fourth-order valence-electron chi connectivity index (χ4n) is 0.819. The molecule has 1 unspecified atom stereocenters. The number of hydrogen-bond donors (Lipinski definition) is 2. The third kappa shape index (κ3) is 2.13. The lowest BCUT2D eigenvalue weighted by Crippen LogP contribution is -2.37. The van der Waals surface area contributed by atoms with Gasteiger partial charge in [0.1, 0.15) is 6.04 Å². The lowest BCUT2D eigenvalue weighted by atomic mass is 10.2. The topological polar surface area (TPSA) is 38.0 Å². The molecule has 0 spiro atoms. The monoisotopic (exact) mass is 212 g/mol. The van der Waals surface area contributed by atoms with Gasteiger partial charge in [0.05, 0.1) is 0 Å². The minimum atomic E-state index is -3.37. The Hall–Kier alpha value is -0.230. The predicted octanol–water partition coefficient (Wildman–Crippen LogP) is 2.08. The Morgan fingerprint density at radius 3 is 2.67 bits per heavy atom. The highest BCUT2D eigenvalue weighted by atomic mass is 35.5. The number of rotatable bonds is 3. The van der Waals surface area contributed by atoms with Crippen molar-refractivity contribution >= 4 is 22.9 Å². The number of nitrogens with one attached hydrogen (secondary N) is 1. The smallest absolute Gasteiger partial charge is 0.271 e. The maximum Gasteiger partial charge on any atom is 0.342 e. The summed E-state index contributed by atoms with van der Waals surface area (Å²) in [5, 5.41) is -0.112. The molecule has 6 heteroatoms. The first kappa shape index (κ1) is 9.85. The first-order chi connectivity index (χ1) is 5.55. The van der Waals surface area contributed by atoms with Gasteiger partial charge in [0.15, 0.2) is 0 Å². The third-order valence-electron chi connectivity index (χ3n) is 1.37. The SMILES string of the molecule is NNC(c1ccsc1)C(F)(F)Cl. The van der Waals surface area contributed by atoms with E-state index in [0.29, 0.717) is 5.56 Å². The second-order valence-corrected chi connectivity index (χ2v) is 3.48. The highest BCUT2D eigenvalue weighted by molar-refractivity contribution is 7.08. The molecule has 0 saturated carbocycles. The Bertz CT molecular complexity index is 234. The average molecular weight is 213 g/mol. The van der Waals surface area contributed by atoms with Crippen LogP contribution in [-0.2, 0) is 0 Å². The van der Waals surface area contributed by atoms with Crippen molar-refractivity contribution in [2.45, 2.75) is 11.4 Å². The molecule has 1 heterocycles. The summed E-state index contributed by atoms with van der Waals surface area (Å²) in [5.41, 5.74) is 2.36. The molecule has 0 saturated heterocycles. The van der Waals surface area contributed by atoms with Gasteiger partial charge in [-0.05, 0) is 34.0 Å². The van der Waals surface area contributed by atoms with Crippen LogP contribution in [0.3, 0.4) is 0 Å². The molecule has 0 aliphatic rings. The highest BCUT2D eigenvalue weighted by Crippen LogP contribution is 2.34. The number of hydrogen-bond acceptors (Lipinski definition) is 3. The molecule has 0 amide bonds. The summed E-state index contributed by atoms with van der Waals surface area (Å²) >= 11 is 6.13. The fourth-order valence-corrected chi connectivity index (χ4v) is 1.69. The van der Waals surface area contributed by atoms with E-state index >= 15 is 0 Å². The van der Waals surface area contributed by atoms with Gasteiger partial charge in [-0.15, -0.1) is 0 Å². The Balaban J connectivity index is 2.84. The number of halogens is 3. The van der Waals surface area contributed by atoms with Crippen molar-refractivity contribution in [2.24, 2.45) is 5.84 Å². The number of alkyl halides is 3. The van der Waals surface area contributed by atoms with Crippen LogP contribution in [-0.4, -0.2) is 5.38 Å². The van der Waals surface area contributed by atoms with Gasteiger partial charge in [-0.1, -0.05) is 0 Å². The number of nitrogens with two attached hydrogens (primary N) is 1. The summed E-state index contributed by atoms with van der Waals surface area (Å²) in [7, 11) is 0. The molecule has 1 aromatic rings. The molecule has 0 radical (unpaired) electrons. The molecule has 2 nitrogen and oxygen atoms in total.